The zero-order chi connectivity index (χ0) is 17.4. The van der Waals surface area contributed by atoms with E-state index in [4.69, 9.17) is 9.15 Å². The van der Waals surface area contributed by atoms with Crippen LogP contribution in [0.4, 0.5) is 10.6 Å². The van der Waals surface area contributed by atoms with E-state index in [-0.39, 0.29) is 12.1 Å². The summed E-state index contributed by atoms with van der Waals surface area (Å²) in [5, 5.41) is 7.52. The second-order valence-corrected chi connectivity index (χ2v) is 6.89. The van der Waals surface area contributed by atoms with Crippen LogP contribution < -0.4 is 5.32 Å². The Hall–Kier alpha value is -2.28. The molecule has 1 saturated heterocycles. The molecule has 2 aromatic rings. The third kappa shape index (κ3) is 3.28. The zero-order valence-corrected chi connectivity index (χ0v) is 14.7. The van der Waals surface area contributed by atoms with E-state index in [1.807, 2.05) is 32.2 Å². The Morgan fingerprint density at radius 3 is 2.88 bits per heavy atom. The molecule has 2 aliphatic rings. The quantitative estimate of drug-likeness (QED) is 0.928. The van der Waals surface area contributed by atoms with Gasteiger partial charge in [-0.1, -0.05) is 6.42 Å². The number of hydrogen-bond acceptors (Lipinski definition) is 4. The summed E-state index contributed by atoms with van der Waals surface area (Å²) in [4.78, 5) is 14.4. The van der Waals surface area contributed by atoms with Crippen LogP contribution in [-0.2, 0) is 11.8 Å². The fourth-order valence-electron chi connectivity index (χ4n) is 3.33. The average Bonchev–Trinajstić information content (AvgIpc) is 3.12. The molecule has 0 spiro atoms. The molecular weight excluding hydrogens is 320 g/mol. The van der Waals surface area contributed by atoms with Gasteiger partial charge in [0.05, 0.1) is 18.8 Å². The molecule has 1 saturated carbocycles. The van der Waals surface area contributed by atoms with Gasteiger partial charge in [-0.2, -0.15) is 5.10 Å². The molecule has 2 fully saturated rings. The minimum atomic E-state index is -0.217. The molecule has 2 aromatic heterocycles. The van der Waals surface area contributed by atoms with Gasteiger partial charge in [0.25, 0.3) is 0 Å². The first-order valence-electron chi connectivity index (χ1n) is 8.88. The van der Waals surface area contributed by atoms with E-state index in [0.29, 0.717) is 25.6 Å². The maximum Gasteiger partial charge on any atom is 0.323 e. The van der Waals surface area contributed by atoms with Gasteiger partial charge >= 0.3 is 6.03 Å². The van der Waals surface area contributed by atoms with Gasteiger partial charge in [-0.25, -0.2) is 4.79 Å². The average molecular weight is 344 g/mol. The summed E-state index contributed by atoms with van der Waals surface area (Å²) in [6, 6.07) is 5.69. The van der Waals surface area contributed by atoms with Crippen LogP contribution >= 0.6 is 0 Å². The van der Waals surface area contributed by atoms with Gasteiger partial charge in [0.1, 0.15) is 23.4 Å². The van der Waals surface area contributed by atoms with Crippen molar-refractivity contribution in [2.45, 2.75) is 38.2 Å². The maximum atomic E-state index is 12.7. The first-order chi connectivity index (χ1) is 12.1. The minimum absolute atomic E-state index is 0.125. The number of ether oxygens (including phenoxy) is 1. The van der Waals surface area contributed by atoms with E-state index in [0.717, 1.165) is 23.0 Å². The Morgan fingerprint density at radius 2 is 2.20 bits per heavy atom. The lowest BCUT2D eigenvalue weighted by atomic mass is 9.83. The predicted octanol–water partition coefficient (Wildman–Crippen LogP) is 3.19. The van der Waals surface area contributed by atoms with Crippen molar-refractivity contribution in [2.75, 3.05) is 25.0 Å². The molecule has 0 bridgehead atoms. The number of carbonyl (C=O) groups excluding carboxylic acids is 1. The summed E-state index contributed by atoms with van der Waals surface area (Å²) < 4.78 is 13.1. The highest BCUT2D eigenvalue weighted by Crippen LogP contribution is 2.36. The number of carbonyl (C=O) groups is 1. The fourth-order valence-corrected chi connectivity index (χ4v) is 3.33. The second kappa shape index (κ2) is 6.55. The van der Waals surface area contributed by atoms with Gasteiger partial charge in [0, 0.05) is 25.6 Å². The third-order valence-corrected chi connectivity index (χ3v) is 5.09. The molecule has 0 radical (unpaired) electrons. The van der Waals surface area contributed by atoms with Crippen LogP contribution in [0.2, 0.25) is 0 Å². The molecule has 1 atom stereocenters. The number of aromatic nitrogens is 2. The van der Waals surface area contributed by atoms with Crippen molar-refractivity contribution in [3.05, 3.63) is 35.4 Å². The summed E-state index contributed by atoms with van der Waals surface area (Å²) in [6.45, 7) is 3.44. The Kier molecular flexibility index (Phi) is 4.25. The van der Waals surface area contributed by atoms with E-state index in [1.54, 1.807) is 9.58 Å². The van der Waals surface area contributed by atoms with Crippen molar-refractivity contribution in [3.8, 4) is 0 Å². The number of hydrogen-bond donors (Lipinski definition) is 1. The van der Waals surface area contributed by atoms with Gasteiger partial charge < -0.3 is 14.1 Å². The number of morpholine rings is 1. The number of nitrogens with one attached hydrogen (secondary N) is 1. The monoisotopic (exact) mass is 344 g/mol. The van der Waals surface area contributed by atoms with Crippen molar-refractivity contribution in [2.24, 2.45) is 7.05 Å². The number of urea groups is 1. The molecule has 134 valence electrons. The molecule has 0 unspecified atom stereocenters. The first kappa shape index (κ1) is 16.2. The van der Waals surface area contributed by atoms with Crippen molar-refractivity contribution in [1.29, 1.82) is 0 Å². The molecule has 1 N–H and O–H groups in total. The van der Waals surface area contributed by atoms with E-state index >= 15 is 0 Å². The Labute approximate surface area is 146 Å². The summed E-state index contributed by atoms with van der Waals surface area (Å²) in [5.41, 5.74) is 1.08. The lowest BCUT2D eigenvalue weighted by molar-refractivity contribution is -0.0246. The van der Waals surface area contributed by atoms with Gasteiger partial charge in [-0.05, 0) is 31.9 Å². The smallest absolute Gasteiger partial charge is 0.323 e. The van der Waals surface area contributed by atoms with E-state index in [9.17, 15) is 4.79 Å². The van der Waals surface area contributed by atoms with Gasteiger partial charge in [0.15, 0.2) is 0 Å². The van der Waals surface area contributed by atoms with E-state index < -0.39 is 0 Å². The van der Waals surface area contributed by atoms with Crippen LogP contribution in [-0.4, -0.2) is 40.4 Å². The van der Waals surface area contributed by atoms with Crippen LogP contribution in [0.25, 0.3) is 0 Å². The Bertz CT molecular complexity index is 762. The van der Waals surface area contributed by atoms with Crippen LogP contribution in [0.3, 0.4) is 0 Å². The highest BCUT2D eigenvalue weighted by molar-refractivity contribution is 5.88. The number of aryl methyl sites for hydroxylation is 2. The van der Waals surface area contributed by atoms with Crippen molar-refractivity contribution >= 4 is 11.8 Å². The number of anilines is 1. The molecule has 3 heterocycles. The van der Waals surface area contributed by atoms with Crippen molar-refractivity contribution in [3.63, 3.8) is 0 Å². The standard InChI is InChI=1S/C18H24N4O3/c1-12-6-7-15(25-12)16-11-22(8-9-24-16)18(23)19-17-10-14(20-21(17)2)13-4-3-5-13/h6-7,10,13,16H,3-5,8-9,11H2,1-2H3,(H,19,23)/t16-/m0/s1. The second-order valence-electron chi connectivity index (χ2n) is 6.89. The topological polar surface area (TPSA) is 72.5 Å². The first-order valence-corrected chi connectivity index (χ1v) is 8.88. The molecule has 1 aliphatic carbocycles. The lowest BCUT2D eigenvalue weighted by Crippen LogP contribution is -2.44. The predicted molar refractivity (Wildman–Crippen MR) is 92.5 cm³/mol. The highest BCUT2D eigenvalue weighted by Gasteiger charge is 2.28. The van der Waals surface area contributed by atoms with E-state index in [1.165, 1.54) is 19.3 Å². The summed E-state index contributed by atoms with van der Waals surface area (Å²) >= 11 is 0. The number of furan rings is 1. The minimum Gasteiger partial charge on any atom is -0.464 e. The summed E-state index contributed by atoms with van der Waals surface area (Å²) in [7, 11) is 1.87. The van der Waals surface area contributed by atoms with Crippen LogP contribution in [0.5, 0.6) is 0 Å². The van der Waals surface area contributed by atoms with Gasteiger partial charge in [-0.15, -0.1) is 0 Å². The number of nitrogens with zero attached hydrogens (tertiary/aromatic N) is 3. The summed E-state index contributed by atoms with van der Waals surface area (Å²) in [6.07, 6.45) is 3.44. The van der Waals surface area contributed by atoms with Crippen molar-refractivity contribution < 1.29 is 13.9 Å². The maximum absolute atomic E-state index is 12.7. The number of rotatable bonds is 3. The molecule has 7 nitrogen and oxygen atoms in total. The Balaban J connectivity index is 1.41. The number of amides is 2. The summed E-state index contributed by atoms with van der Waals surface area (Å²) in [5.74, 6) is 2.90. The molecule has 2 amide bonds. The fraction of sp³-hybridized carbons (Fsp3) is 0.556. The molecule has 7 heteroatoms. The Morgan fingerprint density at radius 1 is 1.36 bits per heavy atom. The van der Waals surface area contributed by atoms with Crippen LogP contribution in [0.1, 0.15) is 48.5 Å². The molecule has 0 aromatic carbocycles. The van der Waals surface area contributed by atoms with Crippen molar-refractivity contribution in [1.82, 2.24) is 14.7 Å². The van der Waals surface area contributed by atoms with Gasteiger partial charge in [-0.3, -0.25) is 10.00 Å². The van der Waals surface area contributed by atoms with Crippen LogP contribution in [0, 0.1) is 6.92 Å². The third-order valence-electron chi connectivity index (χ3n) is 5.09. The SMILES string of the molecule is Cc1ccc([C@@H]2CN(C(=O)Nc3cc(C4CCC4)nn3C)CCO2)o1. The van der Waals surface area contributed by atoms with Gasteiger partial charge in [0.2, 0.25) is 0 Å². The van der Waals surface area contributed by atoms with Crippen LogP contribution in [0.15, 0.2) is 22.6 Å². The molecule has 4 rings (SSSR count). The van der Waals surface area contributed by atoms with E-state index in [2.05, 4.69) is 10.4 Å². The highest BCUT2D eigenvalue weighted by atomic mass is 16.5. The molecular formula is C18H24N4O3. The normalized spacial score (nSPS) is 21.2. The molecule has 25 heavy (non-hydrogen) atoms. The lowest BCUT2D eigenvalue weighted by Gasteiger charge is -2.31. The zero-order valence-electron chi connectivity index (χ0n) is 14.7. The largest absolute Gasteiger partial charge is 0.464 e. The molecule has 1 aliphatic heterocycles.